The van der Waals surface area contributed by atoms with Crippen LogP contribution in [-0.2, 0) is 4.79 Å². The van der Waals surface area contributed by atoms with Crippen molar-refractivity contribution in [3.05, 3.63) is 65.7 Å². The van der Waals surface area contributed by atoms with E-state index in [9.17, 15) is 15.2 Å². The van der Waals surface area contributed by atoms with Gasteiger partial charge >= 0.3 is 0 Å². The molecular formula is C34H39N3O4. The van der Waals surface area contributed by atoms with Gasteiger partial charge in [0.05, 0.1) is 18.8 Å². The van der Waals surface area contributed by atoms with E-state index in [2.05, 4.69) is 18.2 Å². The molecule has 7 heteroatoms. The maximum absolute atomic E-state index is 14.0. The van der Waals surface area contributed by atoms with Crippen LogP contribution in [0.4, 0.5) is 5.69 Å². The number of carbonyl (C=O) groups excluding carboxylic acids is 1. The summed E-state index contributed by atoms with van der Waals surface area (Å²) in [4.78, 5) is 20.8. The molecule has 1 aromatic heterocycles. The zero-order valence-corrected chi connectivity index (χ0v) is 23.8. The smallest absolute Gasteiger partial charge is 0.230 e. The molecule has 3 aliphatic rings. The summed E-state index contributed by atoms with van der Waals surface area (Å²) in [5.41, 5.74) is 4.47. The second kappa shape index (κ2) is 12.1. The highest BCUT2D eigenvalue weighted by atomic mass is 16.5. The van der Waals surface area contributed by atoms with Crippen LogP contribution in [0.1, 0.15) is 93.1 Å². The zero-order valence-electron chi connectivity index (χ0n) is 23.8. The van der Waals surface area contributed by atoms with E-state index in [1.807, 2.05) is 35.2 Å². The molecule has 0 aliphatic heterocycles. The maximum Gasteiger partial charge on any atom is 0.230 e. The Morgan fingerprint density at radius 2 is 1.78 bits per heavy atom. The summed E-state index contributed by atoms with van der Waals surface area (Å²) in [5, 5.41) is 19.6. The van der Waals surface area contributed by atoms with Crippen LogP contribution in [0, 0.1) is 23.2 Å². The Bertz CT molecular complexity index is 1410. The highest BCUT2D eigenvalue weighted by molar-refractivity contribution is 5.95. The Kier molecular flexibility index (Phi) is 8.11. The fourth-order valence-corrected chi connectivity index (χ4v) is 6.64. The molecule has 3 aliphatic carbocycles. The lowest BCUT2D eigenvalue weighted by Crippen LogP contribution is -2.41. The lowest BCUT2D eigenvalue weighted by molar-refractivity contribution is -0.124. The van der Waals surface area contributed by atoms with E-state index in [-0.39, 0.29) is 17.9 Å². The van der Waals surface area contributed by atoms with Gasteiger partial charge in [-0.25, -0.2) is 4.98 Å². The number of hydrogen-bond acceptors (Lipinski definition) is 6. The van der Waals surface area contributed by atoms with Crippen LogP contribution in [0.2, 0.25) is 0 Å². The number of carbonyl (C=O) groups is 1. The Labute approximate surface area is 242 Å². The van der Waals surface area contributed by atoms with Gasteiger partial charge in [0.25, 0.3) is 0 Å². The first-order valence-corrected chi connectivity index (χ1v) is 15.2. The fourth-order valence-electron chi connectivity index (χ4n) is 6.64. The summed E-state index contributed by atoms with van der Waals surface area (Å²) < 4.78 is 11.1. The van der Waals surface area contributed by atoms with Crippen LogP contribution in [0.3, 0.4) is 0 Å². The monoisotopic (exact) mass is 553 g/mol. The first kappa shape index (κ1) is 27.5. The highest BCUT2D eigenvalue weighted by Gasteiger charge is 2.33. The quantitative estimate of drug-likeness (QED) is 0.324. The number of aromatic nitrogens is 1. The second-order valence-electron chi connectivity index (χ2n) is 12.1. The van der Waals surface area contributed by atoms with Crippen molar-refractivity contribution in [1.29, 1.82) is 5.26 Å². The van der Waals surface area contributed by atoms with Crippen molar-refractivity contribution < 1.29 is 19.1 Å². The summed E-state index contributed by atoms with van der Waals surface area (Å²) in [5.74, 6) is 2.80. The molecule has 6 rings (SSSR count). The molecule has 2 aromatic carbocycles. The fraction of sp³-hybridized carbons (Fsp3) is 0.500. The number of nitrogens with zero attached hydrogens (tertiary/aromatic N) is 3. The second-order valence-corrected chi connectivity index (χ2v) is 12.1. The van der Waals surface area contributed by atoms with Crippen LogP contribution in [-0.4, -0.2) is 35.8 Å². The maximum atomic E-state index is 14.0. The number of hydrogen-bond donors (Lipinski definition) is 1. The summed E-state index contributed by atoms with van der Waals surface area (Å²) >= 11 is 0. The van der Waals surface area contributed by atoms with Crippen molar-refractivity contribution in [2.75, 3.05) is 18.6 Å². The van der Waals surface area contributed by atoms with Crippen LogP contribution in [0.15, 0.2) is 53.1 Å². The van der Waals surface area contributed by atoms with Gasteiger partial charge in [-0.1, -0.05) is 18.2 Å². The number of anilines is 1. The molecule has 3 aromatic rings. The van der Waals surface area contributed by atoms with Crippen LogP contribution < -0.4 is 9.64 Å². The third kappa shape index (κ3) is 6.18. The number of benzene rings is 2. The molecule has 0 radical (unpaired) electrons. The Morgan fingerprint density at radius 3 is 2.49 bits per heavy atom. The number of rotatable bonds is 8. The minimum atomic E-state index is -0.293. The van der Waals surface area contributed by atoms with Crippen LogP contribution in [0.5, 0.6) is 5.75 Å². The molecule has 0 spiro atoms. The minimum Gasteiger partial charge on any atom is -0.495 e. The zero-order chi connectivity index (χ0) is 28.3. The summed E-state index contributed by atoms with van der Waals surface area (Å²) in [6.45, 7) is 0.687. The predicted octanol–water partition coefficient (Wildman–Crippen LogP) is 6.96. The molecule has 0 atom stereocenters. The molecule has 0 saturated heterocycles. The molecule has 1 heterocycles. The van der Waals surface area contributed by atoms with E-state index in [0.717, 1.165) is 74.2 Å². The summed E-state index contributed by atoms with van der Waals surface area (Å²) in [7, 11) is 1.59. The average Bonchev–Trinajstić information content (AvgIpc) is 3.75. The molecule has 0 unspecified atom stereocenters. The largest absolute Gasteiger partial charge is 0.495 e. The first-order valence-electron chi connectivity index (χ1n) is 15.2. The molecule has 3 fully saturated rings. The topological polar surface area (TPSA) is 99.6 Å². The summed E-state index contributed by atoms with van der Waals surface area (Å²) in [6, 6.07) is 16.4. The first-order chi connectivity index (χ1) is 20.0. The van der Waals surface area contributed by atoms with Gasteiger partial charge in [0.2, 0.25) is 5.91 Å². The minimum absolute atomic E-state index is 0.0596. The van der Waals surface area contributed by atoms with Crippen molar-refractivity contribution >= 4 is 11.6 Å². The van der Waals surface area contributed by atoms with Gasteiger partial charge in [0, 0.05) is 29.6 Å². The van der Waals surface area contributed by atoms with Crippen LogP contribution in [0.25, 0.3) is 11.3 Å². The number of aliphatic hydroxyl groups is 1. The highest BCUT2D eigenvalue weighted by Crippen LogP contribution is 2.41. The standard InChI is InChI=1S/C34H39N3O4/c1-40-32-16-13-26(17-28(32)19-35)23-7-5-22(6-8-23)20-37(34(39)25-11-14-30(38)15-12-25)29-4-2-3-27(18-29)31-21-41-33(36-31)24-9-10-24/h2-4,13,16-18,21-25,30,38H,5-12,14-15,20H2,1H3. The number of aliphatic hydroxyl groups excluding tert-OH is 1. The molecule has 3 saturated carbocycles. The van der Waals surface area contributed by atoms with E-state index in [4.69, 9.17) is 14.1 Å². The Hall–Kier alpha value is -3.63. The molecule has 1 N–H and O–H groups in total. The van der Waals surface area contributed by atoms with Gasteiger partial charge < -0.3 is 19.2 Å². The number of nitriles is 1. The van der Waals surface area contributed by atoms with E-state index >= 15 is 0 Å². The molecule has 7 nitrogen and oxygen atoms in total. The average molecular weight is 554 g/mol. The Balaban J connectivity index is 1.19. The van der Waals surface area contributed by atoms with E-state index in [1.165, 1.54) is 5.56 Å². The normalized spacial score (nSPS) is 24.4. The van der Waals surface area contributed by atoms with Gasteiger partial charge in [-0.15, -0.1) is 0 Å². The van der Waals surface area contributed by atoms with Crippen molar-refractivity contribution in [3.63, 3.8) is 0 Å². The molecule has 214 valence electrons. The van der Waals surface area contributed by atoms with Crippen molar-refractivity contribution in [2.45, 2.75) is 82.1 Å². The van der Waals surface area contributed by atoms with Gasteiger partial charge in [-0.05, 0) is 106 Å². The molecule has 1 amide bonds. The third-order valence-electron chi connectivity index (χ3n) is 9.32. The predicted molar refractivity (Wildman–Crippen MR) is 157 cm³/mol. The van der Waals surface area contributed by atoms with Gasteiger partial charge in [0.15, 0.2) is 5.89 Å². The van der Waals surface area contributed by atoms with Gasteiger partial charge in [0.1, 0.15) is 23.8 Å². The number of methoxy groups -OCH3 is 1. The number of ether oxygens (including phenoxy) is 1. The van der Waals surface area contributed by atoms with E-state index in [0.29, 0.717) is 48.5 Å². The molecular weight excluding hydrogens is 514 g/mol. The number of amides is 1. The van der Waals surface area contributed by atoms with Crippen molar-refractivity contribution in [3.8, 4) is 23.1 Å². The summed E-state index contributed by atoms with van der Waals surface area (Å²) in [6.07, 6.45) is 10.7. The van der Waals surface area contributed by atoms with E-state index < -0.39 is 0 Å². The molecule has 0 bridgehead atoms. The Morgan fingerprint density at radius 1 is 1.02 bits per heavy atom. The lowest BCUT2D eigenvalue weighted by atomic mass is 9.78. The third-order valence-corrected chi connectivity index (χ3v) is 9.32. The van der Waals surface area contributed by atoms with Crippen LogP contribution >= 0.6 is 0 Å². The van der Waals surface area contributed by atoms with Gasteiger partial charge in [-0.3, -0.25) is 4.79 Å². The lowest BCUT2D eigenvalue weighted by Gasteiger charge is -2.36. The SMILES string of the molecule is COc1ccc(C2CCC(CN(C(=O)C3CCC(O)CC3)c3cccc(-c4coc(C5CC5)n4)c3)CC2)cc1C#N. The van der Waals surface area contributed by atoms with Gasteiger partial charge in [-0.2, -0.15) is 5.26 Å². The van der Waals surface area contributed by atoms with Crippen molar-refractivity contribution in [1.82, 2.24) is 4.98 Å². The van der Waals surface area contributed by atoms with E-state index in [1.54, 1.807) is 13.4 Å². The number of oxazole rings is 1. The molecule has 41 heavy (non-hydrogen) atoms. The van der Waals surface area contributed by atoms with Crippen molar-refractivity contribution in [2.24, 2.45) is 11.8 Å².